The summed E-state index contributed by atoms with van der Waals surface area (Å²) in [5, 5.41) is 3.89. The Bertz CT molecular complexity index is 451. The van der Waals surface area contributed by atoms with Gasteiger partial charge in [0.15, 0.2) is 0 Å². The second-order valence-electron chi connectivity index (χ2n) is 5.07. The number of hydrogen-bond acceptors (Lipinski definition) is 3. The maximum absolute atomic E-state index is 12.1. The zero-order chi connectivity index (χ0) is 14.4. The van der Waals surface area contributed by atoms with E-state index in [1.807, 2.05) is 25.2 Å². The Morgan fingerprint density at radius 1 is 1.52 bits per heavy atom. The molecule has 0 saturated carbocycles. The monoisotopic (exact) mass is 332 g/mol. The van der Waals surface area contributed by atoms with Crippen LogP contribution in [0.3, 0.4) is 0 Å². The molecular formula is C15H22Cl2N2O2. The van der Waals surface area contributed by atoms with Gasteiger partial charge in [-0.25, -0.2) is 0 Å². The number of halogens is 2. The van der Waals surface area contributed by atoms with Crippen molar-refractivity contribution in [2.24, 2.45) is 0 Å². The van der Waals surface area contributed by atoms with Crippen LogP contribution in [0.4, 0.5) is 0 Å². The highest BCUT2D eigenvalue weighted by Crippen LogP contribution is 2.17. The summed E-state index contributed by atoms with van der Waals surface area (Å²) in [4.78, 5) is 13.8. The van der Waals surface area contributed by atoms with Crippen LogP contribution < -0.4 is 10.1 Å². The molecule has 1 aliphatic rings. The Labute approximate surface area is 137 Å². The average molecular weight is 333 g/mol. The number of amides is 1. The molecule has 0 spiro atoms. The van der Waals surface area contributed by atoms with Gasteiger partial charge in [0.1, 0.15) is 5.75 Å². The lowest BCUT2D eigenvalue weighted by Gasteiger charge is -2.21. The minimum atomic E-state index is 0. The van der Waals surface area contributed by atoms with Gasteiger partial charge in [-0.15, -0.1) is 12.4 Å². The van der Waals surface area contributed by atoms with E-state index in [0.717, 1.165) is 31.6 Å². The molecule has 21 heavy (non-hydrogen) atoms. The lowest BCUT2D eigenvalue weighted by Crippen LogP contribution is -2.42. The Morgan fingerprint density at radius 3 is 3.00 bits per heavy atom. The van der Waals surface area contributed by atoms with Crippen LogP contribution in [0.1, 0.15) is 19.3 Å². The second kappa shape index (κ2) is 9.13. The van der Waals surface area contributed by atoms with E-state index in [2.05, 4.69) is 5.32 Å². The zero-order valence-corrected chi connectivity index (χ0v) is 13.8. The fourth-order valence-corrected chi connectivity index (χ4v) is 2.50. The summed E-state index contributed by atoms with van der Waals surface area (Å²) < 4.78 is 5.60. The van der Waals surface area contributed by atoms with Gasteiger partial charge in [0.2, 0.25) is 5.91 Å². The van der Waals surface area contributed by atoms with Gasteiger partial charge in [-0.1, -0.05) is 17.7 Å². The van der Waals surface area contributed by atoms with Gasteiger partial charge in [0, 0.05) is 18.6 Å². The quantitative estimate of drug-likeness (QED) is 0.814. The average Bonchev–Trinajstić information content (AvgIpc) is 2.96. The summed E-state index contributed by atoms with van der Waals surface area (Å²) in [6, 6.07) is 7.35. The van der Waals surface area contributed by atoms with Crippen LogP contribution in [0.2, 0.25) is 5.02 Å². The summed E-state index contributed by atoms with van der Waals surface area (Å²) in [5.41, 5.74) is 0. The van der Waals surface area contributed by atoms with Gasteiger partial charge in [0.05, 0.1) is 12.6 Å². The maximum atomic E-state index is 12.1. The number of ether oxygens (including phenoxy) is 1. The van der Waals surface area contributed by atoms with Crippen LogP contribution in [-0.4, -0.2) is 43.6 Å². The van der Waals surface area contributed by atoms with E-state index in [1.165, 1.54) is 0 Å². The van der Waals surface area contributed by atoms with Gasteiger partial charge in [-0.2, -0.15) is 0 Å². The van der Waals surface area contributed by atoms with Crippen molar-refractivity contribution in [2.75, 3.05) is 26.7 Å². The predicted molar refractivity (Wildman–Crippen MR) is 87.5 cm³/mol. The summed E-state index contributed by atoms with van der Waals surface area (Å²) in [6.07, 6.45) is 2.84. The van der Waals surface area contributed by atoms with Crippen molar-refractivity contribution in [3.05, 3.63) is 29.3 Å². The minimum absolute atomic E-state index is 0. The highest BCUT2D eigenvalue weighted by molar-refractivity contribution is 6.30. The molecule has 6 heteroatoms. The Morgan fingerprint density at radius 2 is 2.33 bits per heavy atom. The first-order valence-electron chi connectivity index (χ1n) is 7.03. The number of hydrogen-bond donors (Lipinski definition) is 1. The number of carbonyl (C=O) groups excluding carboxylic acids is 1. The molecule has 2 rings (SSSR count). The first kappa shape index (κ1) is 18.1. The second-order valence-corrected chi connectivity index (χ2v) is 5.50. The molecule has 1 atom stereocenters. The van der Waals surface area contributed by atoms with Crippen LogP contribution in [0, 0.1) is 0 Å². The molecule has 0 bridgehead atoms. The fraction of sp³-hybridized carbons (Fsp3) is 0.533. The normalized spacial score (nSPS) is 17.1. The first-order valence-corrected chi connectivity index (χ1v) is 7.41. The van der Waals surface area contributed by atoms with E-state index in [1.54, 1.807) is 11.0 Å². The van der Waals surface area contributed by atoms with E-state index in [0.29, 0.717) is 18.2 Å². The zero-order valence-electron chi connectivity index (χ0n) is 12.2. The van der Waals surface area contributed by atoms with Crippen LogP contribution in [0.25, 0.3) is 0 Å². The molecule has 118 valence electrons. The lowest BCUT2D eigenvalue weighted by atomic mass is 10.2. The topological polar surface area (TPSA) is 41.6 Å². The summed E-state index contributed by atoms with van der Waals surface area (Å²) in [7, 11) is 1.85. The summed E-state index contributed by atoms with van der Waals surface area (Å²) in [5.74, 6) is 0.953. The molecule has 1 N–H and O–H groups in total. The fourth-order valence-electron chi connectivity index (χ4n) is 2.32. The minimum Gasteiger partial charge on any atom is -0.493 e. The molecule has 0 radical (unpaired) electrons. The molecule has 1 heterocycles. The lowest BCUT2D eigenvalue weighted by molar-refractivity contribution is -0.131. The Kier molecular flexibility index (Phi) is 7.86. The molecule has 0 aliphatic carbocycles. The molecule has 4 nitrogen and oxygen atoms in total. The van der Waals surface area contributed by atoms with Gasteiger partial charge in [-0.3, -0.25) is 4.79 Å². The van der Waals surface area contributed by atoms with Crippen molar-refractivity contribution < 1.29 is 9.53 Å². The van der Waals surface area contributed by atoms with E-state index >= 15 is 0 Å². The van der Waals surface area contributed by atoms with Gasteiger partial charge >= 0.3 is 0 Å². The van der Waals surface area contributed by atoms with E-state index < -0.39 is 0 Å². The maximum Gasteiger partial charge on any atom is 0.239 e. The molecule has 1 aromatic carbocycles. The van der Waals surface area contributed by atoms with Crippen molar-refractivity contribution in [3.8, 4) is 5.75 Å². The van der Waals surface area contributed by atoms with Crippen LogP contribution in [-0.2, 0) is 4.79 Å². The summed E-state index contributed by atoms with van der Waals surface area (Å²) >= 11 is 5.88. The van der Waals surface area contributed by atoms with Crippen LogP contribution in [0.15, 0.2) is 24.3 Å². The van der Waals surface area contributed by atoms with Crippen LogP contribution >= 0.6 is 24.0 Å². The van der Waals surface area contributed by atoms with Crippen molar-refractivity contribution in [2.45, 2.75) is 25.3 Å². The molecular weight excluding hydrogens is 311 g/mol. The highest BCUT2D eigenvalue weighted by Gasteiger charge is 2.24. The number of benzene rings is 1. The van der Waals surface area contributed by atoms with Crippen LogP contribution in [0.5, 0.6) is 5.75 Å². The molecule has 1 aromatic rings. The van der Waals surface area contributed by atoms with Crippen molar-refractivity contribution in [3.63, 3.8) is 0 Å². The summed E-state index contributed by atoms with van der Waals surface area (Å²) in [6.45, 7) is 2.23. The molecule has 0 aromatic heterocycles. The van der Waals surface area contributed by atoms with Crippen molar-refractivity contribution in [1.29, 1.82) is 0 Å². The molecule has 1 unspecified atom stereocenters. The number of likely N-dealkylation sites (N-methyl/N-ethyl adjacent to an activating group) is 1. The third kappa shape index (κ3) is 5.73. The number of carbonyl (C=O) groups is 1. The highest BCUT2D eigenvalue weighted by atomic mass is 35.5. The molecule has 1 aliphatic heterocycles. The number of nitrogens with one attached hydrogen (secondary N) is 1. The Balaban J connectivity index is 0.00000220. The largest absolute Gasteiger partial charge is 0.493 e. The van der Waals surface area contributed by atoms with E-state index in [-0.39, 0.29) is 24.4 Å². The van der Waals surface area contributed by atoms with Crippen molar-refractivity contribution >= 4 is 29.9 Å². The Hall–Kier alpha value is -0.970. The standard InChI is InChI=1S/C15H21ClN2O2.ClH/c1-18(15(19)14-7-3-8-17-14)9-4-10-20-13-6-2-5-12(16)11-13;/h2,5-6,11,14,17H,3-4,7-10H2,1H3;1H. The predicted octanol–water partition coefficient (Wildman–Crippen LogP) is 2.74. The molecule has 1 fully saturated rings. The smallest absolute Gasteiger partial charge is 0.239 e. The van der Waals surface area contributed by atoms with Gasteiger partial charge in [0.25, 0.3) is 0 Å². The molecule has 1 amide bonds. The number of rotatable bonds is 6. The third-order valence-corrected chi connectivity index (χ3v) is 3.67. The van der Waals surface area contributed by atoms with Gasteiger partial charge < -0.3 is 15.0 Å². The van der Waals surface area contributed by atoms with Gasteiger partial charge in [-0.05, 0) is 44.0 Å². The first-order chi connectivity index (χ1) is 9.66. The number of nitrogens with zero attached hydrogens (tertiary/aromatic N) is 1. The SMILES string of the molecule is CN(CCCOc1cccc(Cl)c1)C(=O)C1CCCN1.Cl. The molecule has 1 saturated heterocycles. The third-order valence-electron chi connectivity index (χ3n) is 3.44. The van der Waals surface area contributed by atoms with Crippen molar-refractivity contribution in [1.82, 2.24) is 10.2 Å². The van der Waals surface area contributed by atoms with E-state index in [9.17, 15) is 4.79 Å². The van der Waals surface area contributed by atoms with E-state index in [4.69, 9.17) is 16.3 Å².